The van der Waals surface area contributed by atoms with Crippen LogP contribution in [0.4, 0.5) is 0 Å². The van der Waals surface area contributed by atoms with Crippen molar-refractivity contribution in [3.63, 3.8) is 0 Å². The van der Waals surface area contributed by atoms with E-state index >= 15 is 0 Å². The molecule has 1 aliphatic carbocycles. The van der Waals surface area contributed by atoms with E-state index in [9.17, 15) is 0 Å². The van der Waals surface area contributed by atoms with Crippen LogP contribution in [0.5, 0.6) is 0 Å². The fraction of sp³-hybridized carbons (Fsp3) is 0.727. The highest BCUT2D eigenvalue weighted by Crippen LogP contribution is 2.20. The van der Waals surface area contributed by atoms with Gasteiger partial charge in [-0.1, -0.05) is 13.8 Å². The van der Waals surface area contributed by atoms with Gasteiger partial charge in [0.15, 0.2) is 0 Å². The summed E-state index contributed by atoms with van der Waals surface area (Å²) in [6.45, 7) is 5.65. The number of fused-ring (bicyclic) bond motifs is 1. The average molecular weight is 178 g/mol. The third-order valence-corrected chi connectivity index (χ3v) is 2.67. The molecule has 0 saturated heterocycles. The summed E-state index contributed by atoms with van der Waals surface area (Å²) in [4.78, 5) is 4.47. The molecule has 13 heavy (non-hydrogen) atoms. The van der Waals surface area contributed by atoms with Crippen LogP contribution in [0.25, 0.3) is 0 Å². The molecule has 2 heteroatoms. The minimum absolute atomic E-state index is 0.722. The number of imidazole rings is 1. The monoisotopic (exact) mass is 178 g/mol. The van der Waals surface area contributed by atoms with Crippen LogP contribution in [-0.4, -0.2) is 9.55 Å². The summed E-state index contributed by atoms with van der Waals surface area (Å²) < 4.78 is 2.35. The molecule has 1 heterocycles. The number of hydrogen-bond acceptors (Lipinski definition) is 1. The molecule has 0 radical (unpaired) electrons. The highest BCUT2D eigenvalue weighted by atomic mass is 15.1. The second-order valence-electron chi connectivity index (χ2n) is 4.39. The van der Waals surface area contributed by atoms with Crippen LogP contribution in [-0.2, 0) is 19.4 Å². The van der Waals surface area contributed by atoms with Crippen LogP contribution in [0.15, 0.2) is 6.33 Å². The Morgan fingerprint density at radius 1 is 1.38 bits per heavy atom. The zero-order valence-corrected chi connectivity index (χ0v) is 8.58. The molecule has 2 rings (SSSR count). The Labute approximate surface area is 80.0 Å². The van der Waals surface area contributed by atoms with E-state index in [0.29, 0.717) is 0 Å². The predicted octanol–water partition coefficient (Wildman–Crippen LogP) is 2.42. The van der Waals surface area contributed by atoms with Gasteiger partial charge in [0, 0.05) is 12.2 Å². The second-order valence-corrected chi connectivity index (χ2v) is 4.39. The first-order valence-electron chi connectivity index (χ1n) is 5.30. The van der Waals surface area contributed by atoms with Gasteiger partial charge in [-0.3, -0.25) is 0 Å². The molecular formula is C11H18N2. The summed E-state index contributed by atoms with van der Waals surface area (Å²) in [6.07, 6.45) is 7.13. The molecule has 1 aliphatic rings. The van der Waals surface area contributed by atoms with Crippen molar-refractivity contribution < 1.29 is 0 Å². The quantitative estimate of drug-likeness (QED) is 0.680. The van der Waals surface area contributed by atoms with E-state index in [0.717, 1.165) is 12.5 Å². The van der Waals surface area contributed by atoms with Crippen molar-refractivity contribution in [2.24, 2.45) is 5.92 Å². The first kappa shape index (κ1) is 8.79. The average Bonchev–Trinajstić information content (AvgIpc) is 2.48. The van der Waals surface area contributed by atoms with Crippen molar-refractivity contribution >= 4 is 0 Å². The summed E-state index contributed by atoms with van der Waals surface area (Å²) in [7, 11) is 0. The largest absolute Gasteiger partial charge is 0.334 e. The molecule has 0 spiro atoms. The molecule has 0 atom stereocenters. The lowest BCUT2D eigenvalue weighted by molar-refractivity contribution is 0.499. The molecule has 0 bridgehead atoms. The molecule has 0 saturated carbocycles. The van der Waals surface area contributed by atoms with Crippen molar-refractivity contribution in [2.75, 3.05) is 0 Å². The Morgan fingerprint density at radius 3 is 2.92 bits per heavy atom. The van der Waals surface area contributed by atoms with Gasteiger partial charge < -0.3 is 4.57 Å². The topological polar surface area (TPSA) is 17.8 Å². The minimum Gasteiger partial charge on any atom is -0.334 e. The SMILES string of the molecule is CC(C)Cn1cnc2c1CCCC2. The lowest BCUT2D eigenvalue weighted by atomic mass is 10.0. The second kappa shape index (κ2) is 3.52. The molecule has 0 fully saturated rings. The van der Waals surface area contributed by atoms with Gasteiger partial charge in [0.2, 0.25) is 0 Å². The summed E-state index contributed by atoms with van der Waals surface area (Å²) >= 11 is 0. The smallest absolute Gasteiger partial charge is 0.0951 e. The van der Waals surface area contributed by atoms with E-state index in [1.54, 1.807) is 0 Å². The lowest BCUT2D eigenvalue weighted by Gasteiger charge is -2.15. The lowest BCUT2D eigenvalue weighted by Crippen LogP contribution is -2.10. The minimum atomic E-state index is 0.722. The van der Waals surface area contributed by atoms with Crippen LogP contribution < -0.4 is 0 Å². The molecule has 1 aromatic rings. The third-order valence-electron chi connectivity index (χ3n) is 2.67. The van der Waals surface area contributed by atoms with Gasteiger partial charge in [0.05, 0.1) is 12.0 Å². The van der Waals surface area contributed by atoms with Crippen molar-refractivity contribution in [2.45, 2.75) is 46.1 Å². The van der Waals surface area contributed by atoms with Crippen LogP contribution in [0.1, 0.15) is 38.1 Å². The van der Waals surface area contributed by atoms with Gasteiger partial charge in [0.25, 0.3) is 0 Å². The Bertz CT molecular complexity index is 286. The van der Waals surface area contributed by atoms with Gasteiger partial charge in [-0.15, -0.1) is 0 Å². The first-order valence-corrected chi connectivity index (χ1v) is 5.30. The molecule has 0 amide bonds. The maximum absolute atomic E-state index is 4.47. The van der Waals surface area contributed by atoms with Crippen LogP contribution in [0, 0.1) is 5.92 Å². The van der Waals surface area contributed by atoms with Crippen molar-refractivity contribution in [1.82, 2.24) is 9.55 Å². The summed E-state index contributed by atoms with van der Waals surface area (Å²) in [5.41, 5.74) is 2.85. The number of nitrogens with zero attached hydrogens (tertiary/aromatic N) is 2. The molecule has 0 aliphatic heterocycles. The molecule has 0 N–H and O–H groups in total. The van der Waals surface area contributed by atoms with E-state index in [4.69, 9.17) is 0 Å². The maximum atomic E-state index is 4.47. The van der Waals surface area contributed by atoms with Gasteiger partial charge in [-0.2, -0.15) is 0 Å². The third kappa shape index (κ3) is 1.77. The van der Waals surface area contributed by atoms with E-state index in [2.05, 4.69) is 23.4 Å². The number of rotatable bonds is 2. The van der Waals surface area contributed by atoms with E-state index in [1.165, 1.54) is 37.1 Å². The zero-order valence-electron chi connectivity index (χ0n) is 8.58. The van der Waals surface area contributed by atoms with Gasteiger partial charge >= 0.3 is 0 Å². The fourth-order valence-electron chi connectivity index (χ4n) is 2.08. The molecule has 0 unspecified atom stereocenters. The van der Waals surface area contributed by atoms with Gasteiger partial charge in [-0.25, -0.2) is 4.98 Å². The highest BCUT2D eigenvalue weighted by Gasteiger charge is 2.14. The highest BCUT2D eigenvalue weighted by molar-refractivity contribution is 5.16. The maximum Gasteiger partial charge on any atom is 0.0951 e. The number of aryl methyl sites for hydroxylation is 1. The Balaban J connectivity index is 2.21. The van der Waals surface area contributed by atoms with E-state index in [-0.39, 0.29) is 0 Å². The van der Waals surface area contributed by atoms with Crippen LogP contribution in [0.2, 0.25) is 0 Å². The Hall–Kier alpha value is -0.790. The van der Waals surface area contributed by atoms with E-state index in [1.807, 2.05) is 6.33 Å². The van der Waals surface area contributed by atoms with Crippen molar-refractivity contribution in [3.8, 4) is 0 Å². The van der Waals surface area contributed by atoms with Crippen LogP contribution >= 0.6 is 0 Å². The molecule has 2 nitrogen and oxygen atoms in total. The normalized spacial score (nSPS) is 16.2. The van der Waals surface area contributed by atoms with Crippen LogP contribution in [0.3, 0.4) is 0 Å². The first-order chi connectivity index (χ1) is 6.27. The fourth-order valence-corrected chi connectivity index (χ4v) is 2.08. The Morgan fingerprint density at radius 2 is 2.15 bits per heavy atom. The Kier molecular flexibility index (Phi) is 2.38. The summed E-state index contributed by atoms with van der Waals surface area (Å²) in [6, 6.07) is 0. The molecular weight excluding hydrogens is 160 g/mol. The molecule has 1 aromatic heterocycles. The number of hydrogen-bond donors (Lipinski definition) is 0. The van der Waals surface area contributed by atoms with Gasteiger partial charge in [0.1, 0.15) is 0 Å². The van der Waals surface area contributed by atoms with E-state index < -0.39 is 0 Å². The summed E-state index contributed by atoms with van der Waals surface area (Å²) in [5, 5.41) is 0. The van der Waals surface area contributed by atoms with Crippen molar-refractivity contribution in [3.05, 3.63) is 17.7 Å². The zero-order chi connectivity index (χ0) is 9.26. The number of aromatic nitrogens is 2. The summed E-state index contributed by atoms with van der Waals surface area (Å²) in [5.74, 6) is 0.722. The standard InChI is InChI=1S/C11H18N2/c1-9(2)7-13-8-12-10-5-3-4-6-11(10)13/h8-9H,3-7H2,1-2H3. The molecule has 72 valence electrons. The van der Waals surface area contributed by atoms with Gasteiger partial charge in [-0.05, 0) is 31.6 Å². The van der Waals surface area contributed by atoms with Crippen molar-refractivity contribution in [1.29, 1.82) is 0 Å². The predicted molar refractivity (Wildman–Crippen MR) is 53.7 cm³/mol. The molecule has 0 aromatic carbocycles.